The Bertz CT molecular complexity index is 1220. The van der Waals surface area contributed by atoms with Crippen molar-refractivity contribution in [3.63, 3.8) is 0 Å². The van der Waals surface area contributed by atoms with Gasteiger partial charge < -0.3 is 5.11 Å². The first-order valence-corrected chi connectivity index (χ1v) is 11.3. The SMILES string of the molecule is CCCc1nn(-c2ccccc2)c([O-])c1C1=C([n+]2ccc(C)cc2)C(=O)N(CC(C)C)C1=O. The third kappa shape index (κ3) is 4.06. The van der Waals surface area contributed by atoms with E-state index in [2.05, 4.69) is 5.10 Å². The molecule has 170 valence electrons. The van der Waals surface area contributed by atoms with Crippen LogP contribution >= 0.6 is 0 Å². The molecule has 0 atom stereocenters. The molecule has 1 aromatic carbocycles. The van der Waals surface area contributed by atoms with Crippen molar-refractivity contribution in [1.29, 1.82) is 0 Å². The summed E-state index contributed by atoms with van der Waals surface area (Å²) >= 11 is 0. The Morgan fingerprint density at radius 1 is 1.03 bits per heavy atom. The molecule has 7 heteroatoms. The Morgan fingerprint density at radius 3 is 2.30 bits per heavy atom. The predicted octanol–water partition coefficient (Wildman–Crippen LogP) is 2.89. The molecule has 0 N–H and O–H groups in total. The van der Waals surface area contributed by atoms with Crippen LogP contribution in [0.15, 0.2) is 54.9 Å². The van der Waals surface area contributed by atoms with Gasteiger partial charge in [0.15, 0.2) is 12.4 Å². The van der Waals surface area contributed by atoms with Crippen LogP contribution in [-0.2, 0) is 16.0 Å². The van der Waals surface area contributed by atoms with Gasteiger partial charge in [-0.2, -0.15) is 9.67 Å². The van der Waals surface area contributed by atoms with E-state index in [1.165, 1.54) is 9.58 Å². The van der Waals surface area contributed by atoms with Crippen LogP contribution < -0.4 is 9.67 Å². The van der Waals surface area contributed by atoms with E-state index < -0.39 is 17.7 Å². The second-order valence-electron chi connectivity index (χ2n) is 8.75. The first-order chi connectivity index (χ1) is 15.8. The molecule has 2 amide bonds. The molecule has 33 heavy (non-hydrogen) atoms. The van der Waals surface area contributed by atoms with Gasteiger partial charge in [-0.15, -0.1) is 0 Å². The lowest BCUT2D eigenvalue weighted by Gasteiger charge is -2.17. The van der Waals surface area contributed by atoms with Gasteiger partial charge >= 0.3 is 5.91 Å². The Hall–Kier alpha value is -3.74. The highest BCUT2D eigenvalue weighted by Gasteiger charge is 2.46. The van der Waals surface area contributed by atoms with Crippen molar-refractivity contribution in [2.45, 2.75) is 40.5 Å². The third-order valence-corrected chi connectivity index (χ3v) is 5.60. The van der Waals surface area contributed by atoms with Gasteiger partial charge in [0, 0.05) is 24.2 Å². The molecule has 7 nitrogen and oxygen atoms in total. The van der Waals surface area contributed by atoms with E-state index in [0.717, 1.165) is 12.0 Å². The monoisotopic (exact) mass is 444 g/mol. The summed E-state index contributed by atoms with van der Waals surface area (Å²) < 4.78 is 2.96. The molecule has 0 unspecified atom stereocenters. The average molecular weight is 445 g/mol. The molecular weight excluding hydrogens is 416 g/mol. The lowest BCUT2D eigenvalue weighted by atomic mass is 10.0. The summed E-state index contributed by atoms with van der Waals surface area (Å²) in [7, 11) is 0. The second-order valence-corrected chi connectivity index (χ2v) is 8.75. The number of carbonyl (C=O) groups is 2. The number of rotatable bonds is 7. The maximum absolute atomic E-state index is 13.6. The van der Waals surface area contributed by atoms with Crippen LogP contribution in [0.25, 0.3) is 17.0 Å². The number of nitrogens with zero attached hydrogens (tertiary/aromatic N) is 4. The van der Waals surface area contributed by atoms with Crippen LogP contribution in [0.1, 0.15) is 44.0 Å². The van der Waals surface area contributed by atoms with Crippen molar-refractivity contribution in [2.24, 2.45) is 5.92 Å². The normalized spacial score (nSPS) is 14.2. The number of hydrogen-bond donors (Lipinski definition) is 0. The smallest absolute Gasteiger partial charge is 0.326 e. The summed E-state index contributed by atoms with van der Waals surface area (Å²) in [6.07, 6.45) is 4.77. The zero-order chi connectivity index (χ0) is 23.7. The zero-order valence-electron chi connectivity index (χ0n) is 19.4. The summed E-state index contributed by atoms with van der Waals surface area (Å²) in [6, 6.07) is 12.9. The van der Waals surface area contributed by atoms with Gasteiger partial charge in [-0.1, -0.05) is 45.4 Å². The highest BCUT2D eigenvalue weighted by Crippen LogP contribution is 2.37. The number of aryl methyl sites for hydroxylation is 2. The first-order valence-electron chi connectivity index (χ1n) is 11.3. The van der Waals surface area contributed by atoms with Crippen LogP contribution in [0.3, 0.4) is 0 Å². The largest absolute Gasteiger partial charge is 0.858 e. The molecule has 1 aliphatic heterocycles. The maximum atomic E-state index is 13.6. The lowest BCUT2D eigenvalue weighted by Crippen LogP contribution is -2.40. The molecule has 0 saturated heterocycles. The fourth-order valence-corrected chi connectivity index (χ4v) is 4.06. The Morgan fingerprint density at radius 2 is 1.70 bits per heavy atom. The zero-order valence-corrected chi connectivity index (χ0v) is 19.4. The number of hydrogen-bond acceptors (Lipinski definition) is 4. The van der Waals surface area contributed by atoms with E-state index in [4.69, 9.17) is 0 Å². The molecule has 2 aromatic heterocycles. The standard InChI is InChI=1S/C26H28N4O3/c1-5-9-20-21(25(32)30(27-20)19-10-7-6-8-11-19)22-23(28-14-12-18(4)13-15-28)26(33)29(24(22)31)16-17(2)3/h6-8,10-15,17H,5,9,16H2,1-4H3. The first kappa shape index (κ1) is 22.5. The van der Waals surface area contributed by atoms with Gasteiger partial charge in [0.2, 0.25) is 0 Å². The van der Waals surface area contributed by atoms with Crippen LogP contribution in [0.4, 0.5) is 0 Å². The van der Waals surface area contributed by atoms with Crippen LogP contribution in [0, 0.1) is 12.8 Å². The molecule has 3 heterocycles. The molecule has 0 spiro atoms. The molecular formula is C26H28N4O3. The van der Waals surface area contributed by atoms with E-state index in [9.17, 15) is 14.7 Å². The quantitative estimate of drug-likeness (QED) is 0.414. The molecule has 0 radical (unpaired) electrons. The summed E-state index contributed by atoms with van der Waals surface area (Å²) in [5.41, 5.74) is 2.71. The summed E-state index contributed by atoms with van der Waals surface area (Å²) in [5.74, 6) is -1.14. The predicted molar refractivity (Wildman–Crippen MR) is 123 cm³/mol. The average Bonchev–Trinajstić information content (AvgIpc) is 3.23. The van der Waals surface area contributed by atoms with Crippen molar-refractivity contribution in [1.82, 2.24) is 14.7 Å². The molecule has 0 fully saturated rings. The van der Waals surface area contributed by atoms with Crippen molar-refractivity contribution in [2.75, 3.05) is 6.54 Å². The Kier molecular flexibility index (Phi) is 6.14. The number of para-hydroxylation sites is 1. The summed E-state index contributed by atoms with van der Waals surface area (Å²) in [6.45, 7) is 8.12. The lowest BCUT2D eigenvalue weighted by molar-refractivity contribution is -0.577. The molecule has 4 rings (SSSR count). The highest BCUT2D eigenvalue weighted by molar-refractivity contribution is 6.44. The maximum Gasteiger partial charge on any atom is 0.326 e. The van der Waals surface area contributed by atoms with Crippen molar-refractivity contribution < 1.29 is 19.3 Å². The van der Waals surface area contributed by atoms with Gasteiger partial charge in [-0.3, -0.25) is 14.5 Å². The summed E-state index contributed by atoms with van der Waals surface area (Å²) in [5, 5.41) is 18.2. The highest BCUT2D eigenvalue weighted by atomic mass is 16.3. The fraction of sp³-hybridized carbons (Fsp3) is 0.308. The van der Waals surface area contributed by atoms with Gasteiger partial charge in [-0.25, -0.2) is 4.68 Å². The fourth-order valence-electron chi connectivity index (χ4n) is 4.06. The molecule has 0 aliphatic carbocycles. The van der Waals surface area contributed by atoms with E-state index in [1.807, 2.05) is 58.0 Å². The topological polar surface area (TPSA) is 82.1 Å². The summed E-state index contributed by atoms with van der Waals surface area (Å²) in [4.78, 5) is 28.3. The van der Waals surface area contributed by atoms with E-state index >= 15 is 0 Å². The number of carbonyl (C=O) groups excluding carboxylic acids is 2. The molecule has 3 aromatic rings. The number of imide groups is 1. The van der Waals surface area contributed by atoms with Crippen LogP contribution in [0.2, 0.25) is 0 Å². The number of amides is 2. The Labute approximate surface area is 193 Å². The minimum absolute atomic E-state index is 0.0930. The number of benzene rings is 1. The van der Waals surface area contributed by atoms with Gasteiger partial charge in [0.1, 0.15) is 5.57 Å². The Balaban J connectivity index is 1.98. The molecule has 1 aliphatic rings. The minimum atomic E-state index is -0.446. The van der Waals surface area contributed by atoms with Crippen LogP contribution in [0.5, 0.6) is 5.88 Å². The van der Waals surface area contributed by atoms with Crippen molar-refractivity contribution in [3.05, 3.63) is 71.7 Å². The van der Waals surface area contributed by atoms with E-state index in [-0.39, 0.29) is 29.3 Å². The molecule has 0 bridgehead atoms. The van der Waals surface area contributed by atoms with E-state index in [0.29, 0.717) is 17.8 Å². The van der Waals surface area contributed by atoms with Gasteiger partial charge in [0.05, 0.1) is 11.4 Å². The van der Waals surface area contributed by atoms with Crippen LogP contribution in [-0.4, -0.2) is 33.0 Å². The number of aromatic nitrogens is 3. The number of pyridine rings is 1. The van der Waals surface area contributed by atoms with Crippen molar-refractivity contribution >= 4 is 23.1 Å². The van der Waals surface area contributed by atoms with Gasteiger partial charge in [-0.05, 0) is 42.8 Å². The minimum Gasteiger partial charge on any atom is -0.858 e. The van der Waals surface area contributed by atoms with Crippen molar-refractivity contribution in [3.8, 4) is 11.6 Å². The van der Waals surface area contributed by atoms with Gasteiger partial charge in [0.25, 0.3) is 11.6 Å². The second kappa shape index (κ2) is 9.02. The third-order valence-electron chi connectivity index (χ3n) is 5.60. The molecule has 0 saturated carbocycles. The van der Waals surface area contributed by atoms with E-state index in [1.54, 1.807) is 29.1 Å².